The summed E-state index contributed by atoms with van der Waals surface area (Å²) in [5.41, 5.74) is -2.04. The Bertz CT molecular complexity index is 1920. The lowest BCUT2D eigenvalue weighted by molar-refractivity contribution is -0.0499. The number of halogens is 3. The summed E-state index contributed by atoms with van der Waals surface area (Å²) >= 11 is 0. The van der Waals surface area contributed by atoms with Crippen LogP contribution in [0.3, 0.4) is 0 Å². The summed E-state index contributed by atoms with van der Waals surface area (Å²) in [4.78, 5) is 0. The van der Waals surface area contributed by atoms with Crippen LogP contribution in [0.4, 0.5) is 13.2 Å². The maximum atomic E-state index is 12.6. The number of fused-ring (bicyclic) bond motifs is 2. The fourth-order valence-corrected chi connectivity index (χ4v) is 4.86. The number of hydrogen-bond donors (Lipinski definition) is 1. The highest BCUT2D eigenvalue weighted by atomic mass is 32.2. The molecule has 0 spiro atoms. The fraction of sp³-hybridized carbons (Fsp3) is 0.0303. The van der Waals surface area contributed by atoms with Crippen molar-refractivity contribution in [3.8, 4) is 33.8 Å². The van der Waals surface area contributed by atoms with Gasteiger partial charge in [0.15, 0.2) is 5.75 Å². The Balaban J connectivity index is 0.000000174. The van der Waals surface area contributed by atoms with Gasteiger partial charge in [0, 0.05) is 10.8 Å². The largest absolute Gasteiger partial charge is 0.534 e. The molecule has 0 aliphatic carbocycles. The molecule has 0 atom stereocenters. The van der Waals surface area contributed by atoms with Gasteiger partial charge in [0.2, 0.25) is 0 Å². The summed E-state index contributed by atoms with van der Waals surface area (Å²) in [5, 5.41) is 12.8. The lowest BCUT2D eigenvalue weighted by Crippen LogP contribution is -2.28. The Labute approximate surface area is 235 Å². The van der Waals surface area contributed by atoms with Crippen molar-refractivity contribution in [3.05, 3.63) is 133 Å². The summed E-state index contributed by atoms with van der Waals surface area (Å²) in [6.07, 6.45) is 0. The summed E-state index contributed by atoms with van der Waals surface area (Å²) in [7, 11) is -5.74. The minimum absolute atomic E-state index is 0.282. The Morgan fingerprint density at radius 1 is 0.537 bits per heavy atom. The average molecular weight is 573 g/mol. The molecule has 0 heterocycles. The van der Waals surface area contributed by atoms with Crippen molar-refractivity contribution in [2.24, 2.45) is 0 Å². The molecule has 206 valence electrons. The third-order valence-electron chi connectivity index (χ3n) is 6.36. The molecule has 6 rings (SSSR count). The number of phenols is 1. The predicted molar refractivity (Wildman–Crippen MR) is 156 cm³/mol. The topological polar surface area (TPSA) is 63.6 Å². The molecule has 0 aromatic heterocycles. The van der Waals surface area contributed by atoms with Crippen LogP contribution in [0.15, 0.2) is 133 Å². The van der Waals surface area contributed by atoms with E-state index < -0.39 is 15.6 Å². The monoisotopic (exact) mass is 572 g/mol. The van der Waals surface area contributed by atoms with Gasteiger partial charge < -0.3 is 9.29 Å². The summed E-state index contributed by atoms with van der Waals surface area (Å²) < 4.78 is 65.0. The van der Waals surface area contributed by atoms with Crippen molar-refractivity contribution in [2.45, 2.75) is 5.51 Å². The van der Waals surface area contributed by atoms with Gasteiger partial charge in [-0.15, -0.1) is 0 Å². The molecule has 41 heavy (non-hydrogen) atoms. The van der Waals surface area contributed by atoms with E-state index in [9.17, 15) is 26.7 Å². The van der Waals surface area contributed by atoms with E-state index in [1.165, 1.54) is 12.1 Å². The quantitative estimate of drug-likeness (QED) is 0.169. The predicted octanol–water partition coefficient (Wildman–Crippen LogP) is 8.95. The summed E-state index contributed by atoms with van der Waals surface area (Å²) in [5.74, 6) is -0.0220. The normalized spacial score (nSPS) is 11.6. The smallest absolute Gasteiger partial charge is 0.507 e. The van der Waals surface area contributed by atoms with E-state index in [0.29, 0.717) is 16.7 Å². The molecule has 0 aliphatic heterocycles. The summed E-state index contributed by atoms with van der Waals surface area (Å²) in [6.45, 7) is 0. The van der Waals surface area contributed by atoms with Gasteiger partial charge in [-0.05, 0) is 57.3 Å². The number of alkyl halides is 3. The van der Waals surface area contributed by atoms with Gasteiger partial charge in [-0.2, -0.15) is 21.6 Å². The van der Waals surface area contributed by atoms with E-state index in [1.54, 1.807) is 54.6 Å². The molecule has 0 aliphatic rings. The van der Waals surface area contributed by atoms with E-state index in [0.717, 1.165) is 27.5 Å². The first-order valence-electron chi connectivity index (χ1n) is 12.5. The number of hydrogen-bond acceptors (Lipinski definition) is 4. The van der Waals surface area contributed by atoms with Gasteiger partial charge >= 0.3 is 15.6 Å². The number of phenolic OH excluding ortho intramolecular Hbond substituents is 1. The lowest BCUT2D eigenvalue weighted by atomic mass is 10.0. The standard InChI is InChI=1S/C17H11F3O3S.C16H12O/c18-17(19,20)24(21,22)23-16-11-14(12-6-2-1-3-7-12)10-13-8-4-5-9-15(13)16;17-16-11-14(12-6-2-1-3-7-12)10-13-8-4-5-9-15(13)16/h1-11H;1-11,17H. The van der Waals surface area contributed by atoms with E-state index in [4.69, 9.17) is 0 Å². The first kappa shape index (κ1) is 27.7. The molecule has 0 amide bonds. The molecular weight excluding hydrogens is 549 g/mol. The van der Waals surface area contributed by atoms with E-state index in [1.807, 2.05) is 60.7 Å². The molecule has 6 aromatic rings. The molecule has 4 nitrogen and oxygen atoms in total. The zero-order valence-corrected chi connectivity index (χ0v) is 22.2. The first-order valence-corrected chi connectivity index (χ1v) is 13.9. The van der Waals surface area contributed by atoms with Gasteiger partial charge in [-0.25, -0.2) is 0 Å². The SMILES string of the molecule is O=S(=O)(Oc1cc(-c2ccccc2)cc2ccccc12)C(F)(F)F.Oc1cc(-c2ccccc2)cc2ccccc12. The number of rotatable bonds is 4. The molecule has 6 aromatic carbocycles. The van der Waals surface area contributed by atoms with Crippen LogP contribution in [0, 0.1) is 0 Å². The van der Waals surface area contributed by atoms with Gasteiger partial charge in [0.05, 0.1) is 0 Å². The maximum Gasteiger partial charge on any atom is 0.534 e. The summed E-state index contributed by atoms with van der Waals surface area (Å²) in [6, 6.07) is 40.3. The van der Waals surface area contributed by atoms with Gasteiger partial charge in [-0.1, -0.05) is 109 Å². The van der Waals surface area contributed by atoms with Crippen LogP contribution in [0.1, 0.15) is 0 Å². The molecular formula is C33H23F3O4S. The van der Waals surface area contributed by atoms with Crippen LogP contribution < -0.4 is 4.18 Å². The highest BCUT2D eigenvalue weighted by molar-refractivity contribution is 7.88. The van der Waals surface area contributed by atoms with Crippen LogP contribution in [-0.2, 0) is 10.1 Å². The minimum Gasteiger partial charge on any atom is -0.507 e. The van der Waals surface area contributed by atoms with Crippen LogP contribution in [0.5, 0.6) is 11.5 Å². The highest BCUT2D eigenvalue weighted by Gasteiger charge is 2.48. The highest BCUT2D eigenvalue weighted by Crippen LogP contribution is 2.36. The lowest BCUT2D eigenvalue weighted by Gasteiger charge is -2.13. The van der Waals surface area contributed by atoms with Crippen LogP contribution in [0.25, 0.3) is 43.8 Å². The van der Waals surface area contributed by atoms with Crippen molar-refractivity contribution in [2.75, 3.05) is 0 Å². The van der Waals surface area contributed by atoms with Crippen molar-refractivity contribution >= 4 is 31.7 Å². The first-order chi connectivity index (χ1) is 19.6. The molecule has 1 N–H and O–H groups in total. The van der Waals surface area contributed by atoms with E-state index >= 15 is 0 Å². The van der Waals surface area contributed by atoms with Gasteiger partial charge in [0.1, 0.15) is 5.75 Å². The molecule has 8 heteroatoms. The fourth-order valence-electron chi connectivity index (χ4n) is 4.39. The van der Waals surface area contributed by atoms with Crippen molar-refractivity contribution < 1.29 is 30.9 Å². The van der Waals surface area contributed by atoms with Crippen molar-refractivity contribution in [1.82, 2.24) is 0 Å². The zero-order valence-electron chi connectivity index (χ0n) is 21.4. The Kier molecular flexibility index (Phi) is 7.68. The van der Waals surface area contributed by atoms with Crippen molar-refractivity contribution in [1.29, 1.82) is 0 Å². The van der Waals surface area contributed by atoms with Gasteiger partial charge in [0.25, 0.3) is 0 Å². The second-order valence-electron chi connectivity index (χ2n) is 9.13. The van der Waals surface area contributed by atoms with E-state index in [2.05, 4.69) is 10.2 Å². The average Bonchev–Trinajstić information content (AvgIpc) is 2.97. The van der Waals surface area contributed by atoms with Gasteiger partial charge in [-0.3, -0.25) is 0 Å². The maximum absolute atomic E-state index is 12.6. The molecule has 0 saturated carbocycles. The second kappa shape index (κ2) is 11.3. The van der Waals surface area contributed by atoms with Crippen molar-refractivity contribution in [3.63, 3.8) is 0 Å². The van der Waals surface area contributed by atoms with Crippen LogP contribution >= 0.6 is 0 Å². The minimum atomic E-state index is -5.74. The van der Waals surface area contributed by atoms with Crippen LogP contribution in [0.2, 0.25) is 0 Å². The van der Waals surface area contributed by atoms with E-state index in [-0.39, 0.29) is 11.1 Å². The number of aromatic hydroxyl groups is 1. The third-order valence-corrected chi connectivity index (χ3v) is 7.33. The molecule has 0 unspecified atom stereocenters. The third kappa shape index (κ3) is 6.18. The molecule has 0 fully saturated rings. The second-order valence-corrected chi connectivity index (χ2v) is 10.7. The van der Waals surface area contributed by atoms with Crippen LogP contribution in [-0.4, -0.2) is 19.0 Å². The molecule has 0 bridgehead atoms. The zero-order chi connectivity index (χ0) is 29.0. The Hall–Kier alpha value is -4.82. The molecule has 0 radical (unpaired) electrons. The Morgan fingerprint density at radius 3 is 1.51 bits per heavy atom. The number of benzene rings is 6. The Morgan fingerprint density at radius 2 is 0.976 bits per heavy atom. The molecule has 0 saturated heterocycles.